The second-order valence-corrected chi connectivity index (χ2v) is 10.8. The molecule has 0 aliphatic heterocycles. The molecule has 4 rings (SSSR count). The number of nitrogens with one attached hydrogen (secondary N) is 3. The maximum Gasteiger partial charge on any atom is 0.325 e. The minimum absolute atomic E-state index is 0.101. The van der Waals surface area contributed by atoms with E-state index in [2.05, 4.69) is 25.9 Å². The zero-order chi connectivity index (χ0) is 22.9. The Labute approximate surface area is 195 Å². The Morgan fingerprint density at radius 3 is 2.56 bits per heavy atom. The predicted octanol–water partition coefficient (Wildman–Crippen LogP) is 4.71. The van der Waals surface area contributed by atoms with Crippen LogP contribution in [0.15, 0.2) is 52.7 Å². The second-order valence-electron chi connectivity index (χ2n) is 6.50. The number of aromatic nitrogens is 2. The van der Waals surface area contributed by atoms with Gasteiger partial charge in [-0.25, -0.2) is 23.2 Å². The van der Waals surface area contributed by atoms with E-state index in [1.807, 2.05) is 0 Å². The number of carbonyl (C=O) groups is 2. The number of benzene rings is 2. The van der Waals surface area contributed by atoms with Crippen LogP contribution < -0.4 is 16.0 Å². The molecule has 4 aromatic rings. The third kappa shape index (κ3) is 5.22. The Kier molecular flexibility index (Phi) is 6.11. The van der Waals surface area contributed by atoms with Crippen LogP contribution in [0.2, 0.25) is 5.02 Å². The van der Waals surface area contributed by atoms with Gasteiger partial charge in [0.15, 0.2) is 20.1 Å². The number of fused-ring (bicyclic) bond motifs is 1. The van der Waals surface area contributed by atoms with Gasteiger partial charge < -0.3 is 5.32 Å². The molecule has 3 amide bonds. The van der Waals surface area contributed by atoms with E-state index < -0.39 is 21.8 Å². The van der Waals surface area contributed by atoms with Crippen LogP contribution in [0.1, 0.15) is 10.5 Å². The molecular weight excluding hydrogens is 494 g/mol. The van der Waals surface area contributed by atoms with E-state index in [1.54, 1.807) is 30.3 Å². The van der Waals surface area contributed by atoms with Gasteiger partial charge in [-0.15, -0.1) is 11.3 Å². The minimum Gasteiger partial charge on any atom is -0.308 e. The Morgan fingerprint density at radius 1 is 1.00 bits per heavy atom. The van der Waals surface area contributed by atoms with E-state index in [0.29, 0.717) is 26.1 Å². The van der Waals surface area contributed by atoms with Gasteiger partial charge in [0.25, 0.3) is 5.91 Å². The highest BCUT2D eigenvalue weighted by molar-refractivity contribution is 7.90. The predicted molar refractivity (Wildman–Crippen MR) is 127 cm³/mol. The summed E-state index contributed by atoms with van der Waals surface area (Å²) in [4.78, 5) is 33.2. The first-order valence-electron chi connectivity index (χ1n) is 8.88. The minimum atomic E-state index is -3.34. The van der Waals surface area contributed by atoms with E-state index in [1.165, 1.54) is 17.5 Å². The zero-order valence-electron chi connectivity index (χ0n) is 16.2. The summed E-state index contributed by atoms with van der Waals surface area (Å²) in [5, 5.41) is 10.3. The lowest BCUT2D eigenvalue weighted by Crippen LogP contribution is -2.19. The van der Waals surface area contributed by atoms with Gasteiger partial charge in [0.05, 0.1) is 15.1 Å². The highest BCUT2D eigenvalue weighted by atomic mass is 35.5. The van der Waals surface area contributed by atoms with Gasteiger partial charge in [-0.05, 0) is 36.4 Å². The number of anilines is 3. The molecule has 0 aliphatic rings. The highest BCUT2D eigenvalue weighted by Gasteiger charge is 2.16. The van der Waals surface area contributed by atoms with E-state index in [0.717, 1.165) is 28.9 Å². The van der Waals surface area contributed by atoms with Gasteiger partial charge in [-0.2, -0.15) is 0 Å². The molecule has 13 heteroatoms. The number of sulfone groups is 1. The van der Waals surface area contributed by atoms with Crippen molar-refractivity contribution in [3.63, 3.8) is 0 Å². The molecule has 0 unspecified atom stereocenters. The summed E-state index contributed by atoms with van der Waals surface area (Å²) in [5.74, 6) is -0.507. The average molecular weight is 508 g/mol. The summed E-state index contributed by atoms with van der Waals surface area (Å²) >= 11 is 8.12. The summed E-state index contributed by atoms with van der Waals surface area (Å²) in [6.45, 7) is 0. The van der Waals surface area contributed by atoms with E-state index in [4.69, 9.17) is 11.6 Å². The van der Waals surface area contributed by atoms with Crippen LogP contribution >= 0.6 is 34.3 Å². The fourth-order valence-corrected chi connectivity index (χ4v) is 5.11. The van der Waals surface area contributed by atoms with Crippen LogP contribution in [0.5, 0.6) is 0 Å². The number of rotatable bonds is 5. The Hall–Kier alpha value is -3.06. The second kappa shape index (κ2) is 8.82. The Morgan fingerprint density at radius 2 is 1.81 bits per heavy atom. The SMILES string of the molecule is CS(=O)(=O)c1ccc2nc(NC(=O)c3csc(NC(=O)Nc4cccc(Cl)c4)n3)sc2c1. The van der Waals surface area contributed by atoms with Crippen LogP contribution in [0.3, 0.4) is 0 Å². The molecule has 3 N–H and O–H groups in total. The fourth-order valence-electron chi connectivity index (χ4n) is 2.61. The summed E-state index contributed by atoms with van der Waals surface area (Å²) in [6, 6.07) is 10.7. The number of amides is 3. The van der Waals surface area contributed by atoms with Gasteiger partial charge >= 0.3 is 6.03 Å². The molecule has 0 aliphatic carbocycles. The topological polar surface area (TPSA) is 130 Å². The van der Waals surface area contributed by atoms with Gasteiger partial charge in [-0.3, -0.25) is 15.4 Å². The quantitative estimate of drug-likeness (QED) is 0.358. The molecule has 9 nitrogen and oxygen atoms in total. The standard InChI is InChI=1S/C19H14ClN5O4S3/c1-32(28,29)12-5-6-13-15(8-12)31-19(22-13)24-16(26)14-9-30-18(23-14)25-17(27)21-11-4-2-3-10(20)7-11/h2-9H,1H3,(H,22,24,26)(H2,21,23,25,27). The maximum atomic E-state index is 12.5. The van der Waals surface area contributed by atoms with Crippen molar-refractivity contribution in [3.05, 3.63) is 58.6 Å². The number of thiazole rings is 2. The highest BCUT2D eigenvalue weighted by Crippen LogP contribution is 2.29. The molecule has 0 saturated heterocycles. The smallest absolute Gasteiger partial charge is 0.308 e. The van der Waals surface area contributed by atoms with Crippen LogP contribution in [0, 0.1) is 0 Å². The summed E-state index contributed by atoms with van der Waals surface area (Å²) in [7, 11) is -3.34. The molecule has 0 saturated carbocycles. The lowest BCUT2D eigenvalue weighted by molar-refractivity contribution is 0.102. The number of urea groups is 1. The van der Waals surface area contributed by atoms with Gasteiger partial charge in [0.1, 0.15) is 5.69 Å². The first-order chi connectivity index (χ1) is 15.2. The first-order valence-corrected chi connectivity index (χ1v) is 12.8. The number of hydrogen-bond donors (Lipinski definition) is 3. The average Bonchev–Trinajstić information content (AvgIpc) is 3.32. The van der Waals surface area contributed by atoms with E-state index in [-0.39, 0.29) is 15.7 Å². The van der Waals surface area contributed by atoms with Crippen LogP contribution in [0.25, 0.3) is 10.2 Å². The summed E-state index contributed by atoms with van der Waals surface area (Å²) < 4.78 is 24.0. The van der Waals surface area contributed by atoms with Crippen molar-refractivity contribution in [1.29, 1.82) is 0 Å². The molecule has 0 fully saturated rings. The summed E-state index contributed by atoms with van der Waals surface area (Å²) in [6.07, 6.45) is 1.13. The van der Waals surface area contributed by atoms with Crippen LogP contribution in [-0.2, 0) is 9.84 Å². The number of halogens is 1. The first kappa shape index (κ1) is 22.1. The van der Waals surface area contributed by atoms with Crippen LogP contribution in [-0.4, -0.2) is 36.6 Å². The molecular formula is C19H14ClN5O4S3. The molecule has 0 bridgehead atoms. The molecule has 2 heterocycles. The molecule has 32 heavy (non-hydrogen) atoms. The summed E-state index contributed by atoms with van der Waals surface area (Å²) in [5.41, 5.74) is 1.18. The third-order valence-electron chi connectivity index (χ3n) is 4.05. The van der Waals surface area contributed by atoms with Crippen molar-refractivity contribution in [2.45, 2.75) is 4.90 Å². The molecule has 0 spiro atoms. The monoisotopic (exact) mass is 507 g/mol. The zero-order valence-corrected chi connectivity index (χ0v) is 19.5. The van der Waals surface area contributed by atoms with E-state index in [9.17, 15) is 18.0 Å². The number of carbonyl (C=O) groups excluding carboxylic acids is 2. The normalized spacial score (nSPS) is 11.3. The number of nitrogens with zero attached hydrogens (tertiary/aromatic N) is 2. The Balaban J connectivity index is 1.42. The molecule has 164 valence electrons. The van der Waals surface area contributed by atoms with Crippen molar-refractivity contribution in [1.82, 2.24) is 9.97 Å². The number of hydrogen-bond acceptors (Lipinski definition) is 8. The fraction of sp³-hybridized carbons (Fsp3) is 0.0526. The molecule has 2 aromatic heterocycles. The van der Waals surface area contributed by atoms with Crippen molar-refractivity contribution in [2.75, 3.05) is 22.2 Å². The van der Waals surface area contributed by atoms with Gasteiger partial charge in [-0.1, -0.05) is 29.0 Å². The van der Waals surface area contributed by atoms with E-state index >= 15 is 0 Å². The lowest BCUT2D eigenvalue weighted by atomic mass is 10.3. The van der Waals surface area contributed by atoms with Crippen molar-refractivity contribution in [2.24, 2.45) is 0 Å². The van der Waals surface area contributed by atoms with Gasteiger partial charge in [0, 0.05) is 22.3 Å². The largest absolute Gasteiger partial charge is 0.325 e. The van der Waals surface area contributed by atoms with Gasteiger partial charge in [0.2, 0.25) is 0 Å². The lowest BCUT2D eigenvalue weighted by Gasteiger charge is -2.05. The van der Waals surface area contributed by atoms with Crippen molar-refractivity contribution < 1.29 is 18.0 Å². The Bertz CT molecular complexity index is 1450. The molecule has 0 atom stereocenters. The van der Waals surface area contributed by atoms with Crippen molar-refractivity contribution in [3.8, 4) is 0 Å². The van der Waals surface area contributed by atoms with Crippen molar-refractivity contribution >= 4 is 82.2 Å². The van der Waals surface area contributed by atoms with Crippen LogP contribution in [0.4, 0.5) is 20.7 Å². The maximum absolute atomic E-state index is 12.5. The third-order valence-corrected chi connectivity index (χ3v) is 7.08. The molecule has 2 aromatic carbocycles. The molecule has 0 radical (unpaired) electrons.